The van der Waals surface area contributed by atoms with E-state index in [1.165, 1.54) is 12.8 Å². The zero-order valence-corrected chi connectivity index (χ0v) is 16.0. The number of imidazole rings is 1. The first kappa shape index (κ1) is 18.4. The number of rotatable bonds is 4. The average Bonchev–Trinajstić information content (AvgIpc) is 2.86. The molecule has 3 heterocycles. The lowest BCUT2D eigenvalue weighted by Crippen LogP contribution is -2.57. The third-order valence-corrected chi connectivity index (χ3v) is 5.88. The smallest absolute Gasteiger partial charge is 0.239 e. The van der Waals surface area contributed by atoms with Crippen molar-refractivity contribution < 1.29 is 4.79 Å². The van der Waals surface area contributed by atoms with Crippen molar-refractivity contribution in [2.24, 2.45) is 7.05 Å². The lowest BCUT2D eigenvalue weighted by atomic mass is 10.1. The Morgan fingerprint density at radius 3 is 2.52 bits per heavy atom. The summed E-state index contributed by atoms with van der Waals surface area (Å²) in [5.41, 5.74) is 0. The Balaban J connectivity index is 1.54. The van der Waals surface area contributed by atoms with Crippen LogP contribution in [0.1, 0.15) is 45.4 Å². The number of aryl methyl sites for hydroxylation is 1. The SMILES string of the molecule is C[C@H]1CN([C@@H](C)C(=O)N2CCCCCC2)CCN1Cc1nccn1C. The quantitative estimate of drug-likeness (QED) is 0.832. The number of hydrogen-bond acceptors (Lipinski definition) is 4. The van der Waals surface area contributed by atoms with Gasteiger partial charge in [0, 0.05) is 58.2 Å². The Morgan fingerprint density at radius 1 is 1.20 bits per heavy atom. The van der Waals surface area contributed by atoms with Crippen LogP contribution in [0.2, 0.25) is 0 Å². The van der Waals surface area contributed by atoms with Crippen LogP contribution in [0.15, 0.2) is 12.4 Å². The molecule has 140 valence electrons. The third kappa shape index (κ3) is 4.42. The molecule has 1 aromatic heterocycles. The number of nitrogens with zero attached hydrogens (tertiary/aromatic N) is 5. The second-order valence-electron chi connectivity index (χ2n) is 7.68. The molecule has 2 atom stereocenters. The first-order chi connectivity index (χ1) is 12.1. The number of aromatic nitrogens is 2. The van der Waals surface area contributed by atoms with Gasteiger partial charge >= 0.3 is 0 Å². The molecular formula is C19H33N5O. The second kappa shape index (κ2) is 8.32. The molecule has 1 aromatic rings. The lowest BCUT2D eigenvalue weighted by Gasteiger charge is -2.42. The normalized spacial score (nSPS) is 24.9. The molecule has 2 saturated heterocycles. The fourth-order valence-corrected chi connectivity index (χ4v) is 4.05. The molecule has 0 N–H and O–H groups in total. The molecule has 6 nitrogen and oxygen atoms in total. The fourth-order valence-electron chi connectivity index (χ4n) is 4.05. The van der Waals surface area contributed by atoms with E-state index in [0.29, 0.717) is 11.9 Å². The minimum Gasteiger partial charge on any atom is -0.341 e. The molecule has 0 unspecified atom stereocenters. The highest BCUT2D eigenvalue weighted by Gasteiger charge is 2.32. The number of likely N-dealkylation sites (tertiary alicyclic amines) is 1. The van der Waals surface area contributed by atoms with Crippen molar-refractivity contribution in [3.63, 3.8) is 0 Å². The third-order valence-electron chi connectivity index (χ3n) is 5.88. The van der Waals surface area contributed by atoms with Gasteiger partial charge in [0.15, 0.2) is 0 Å². The fraction of sp³-hybridized carbons (Fsp3) is 0.789. The summed E-state index contributed by atoms with van der Waals surface area (Å²) in [4.78, 5) is 24.3. The van der Waals surface area contributed by atoms with E-state index < -0.39 is 0 Å². The van der Waals surface area contributed by atoms with Crippen molar-refractivity contribution in [2.75, 3.05) is 32.7 Å². The van der Waals surface area contributed by atoms with Crippen LogP contribution in [-0.4, -0.2) is 75.0 Å². The minimum atomic E-state index is -0.00383. The van der Waals surface area contributed by atoms with E-state index in [-0.39, 0.29) is 6.04 Å². The molecule has 0 radical (unpaired) electrons. The number of hydrogen-bond donors (Lipinski definition) is 0. The van der Waals surface area contributed by atoms with E-state index >= 15 is 0 Å². The minimum absolute atomic E-state index is 0.00383. The highest BCUT2D eigenvalue weighted by molar-refractivity contribution is 5.81. The molecule has 3 rings (SSSR count). The largest absolute Gasteiger partial charge is 0.341 e. The zero-order valence-electron chi connectivity index (χ0n) is 16.0. The highest BCUT2D eigenvalue weighted by Crippen LogP contribution is 2.18. The van der Waals surface area contributed by atoms with Crippen molar-refractivity contribution in [2.45, 2.75) is 58.2 Å². The van der Waals surface area contributed by atoms with E-state index in [1.54, 1.807) is 0 Å². The molecule has 0 spiro atoms. The first-order valence-corrected chi connectivity index (χ1v) is 9.79. The van der Waals surface area contributed by atoms with Gasteiger partial charge in [-0.15, -0.1) is 0 Å². The lowest BCUT2D eigenvalue weighted by molar-refractivity contribution is -0.137. The molecule has 2 fully saturated rings. The molecule has 6 heteroatoms. The molecule has 25 heavy (non-hydrogen) atoms. The summed E-state index contributed by atoms with van der Waals surface area (Å²) < 4.78 is 2.09. The van der Waals surface area contributed by atoms with Crippen molar-refractivity contribution in [3.05, 3.63) is 18.2 Å². The van der Waals surface area contributed by atoms with E-state index in [0.717, 1.165) is 57.9 Å². The van der Waals surface area contributed by atoms with Gasteiger partial charge in [0.2, 0.25) is 5.91 Å². The summed E-state index contributed by atoms with van der Waals surface area (Å²) in [6.07, 6.45) is 8.71. The van der Waals surface area contributed by atoms with Crippen LogP contribution in [0, 0.1) is 0 Å². The van der Waals surface area contributed by atoms with Crippen LogP contribution >= 0.6 is 0 Å². The Morgan fingerprint density at radius 2 is 1.92 bits per heavy atom. The van der Waals surface area contributed by atoms with Crippen LogP contribution in [0.5, 0.6) is 0 Å². The molecule has 0 saturated carbocycles. The van der Waals surface area contributed by atoms with Gasteiger partial charge in [-0.3, -0.25) is 14.6 Å². The maximum Gasteiger partial charge on any atom is 0.239 e. The van der Waals surface area contributed by atoms with Gasteiger partial charge in [-0.05, 0) is 26.7 Å². The van der Waals surface area contributed by atoms with E-state index in [4.69, 9.17) is 0 Å². The predicted molar refractivity (Wildman–Crippen MR) is 99.2 cm³/mol. The van der Waals surface area contributed by atoms with Crippen LogP contribution in [0.4, 0.5) is 0 Å². The summed E-state index contributed by atoms with van der Waals surface area (Å²) in [6, 6.07) is 0.431. The summed E-state index contributed by atoms with van der Waals surface area (Å²) in [6.45, 7) is 10.0. The Hall–Kier alpha value is -1.40. The topological polar surface area (TPSA) is 44.6 Å². The van der Waals surface area contributed by atoms with E-state index in [9.17, 15) is 4.79 Å². The number of carbonyl (C=O) groups excluding carboxylic acids is 1. The van der Waals surface area contributed by atoms with Crippen molar-refractivity contribution in [1.29, 1.82) is 0 Å². The number of piperazine rings is 1. The number of amides is 1. The van der Waals surface area contributed by atoms with E-state index in [1.807, 2.05) is 19.4 Å². The maximum atomic E-state index is 12.9. The number of carbonyl (C=O) groups is 1. The molecule has 0 aliphatic carbocycles. The maximum absolute atomic E-state index is 12.9. The van der Waals surface area contributed by atoms with Crippen LogP contribution in [0.25, 0.3) is 0 Å². The molecule has 0 bridgehead atoms. The zero-order chi connectivity index (χ0) is 17.8. The standard InChI is InChI=1S/C19H33N5O/c1-16-14-24(13-12-23(16)15-18-20-8-11-21(18)3)17(2)19(25)22-9-6-4-5-7-10-22/h8,11,16-17H,4-7,9-10,12-15H2,1-3H3/t16-,17-/m0/s1. The van der Waals surface area contributed by atoms with E-state index in [2.05, 4.69) is 38.1 Å². The molecular weight excluding hydrogens is 314 g/mol. The summed E-state index contributed by atoms with van der Waals surface area (Å²) >= 11 is 0. The van der Waals surface area contributed by atoms with Crippen LogP contribution < -0.4 is 0 Å². The van der Waals surface area contributed by atoms with Gasteiger partial charge in [-0.1, -0.05) is 12.8 Å². The molecule has 0 aromatic carbocycles. The van der Waals surface area contributed by atoms with Gasteiger partial charge < -0.3 is 9.47 Å². The average molecular weight is 348 g/mol. The molecule has 1 amide bonds. The molecule has 2 aliphatic rings. The van der Waals surface area contributed by atoms with Crippen molar-refractivity contribution in [3.8, 4) is 0 Å². The van der Waals surface area contributed by atoms with Crippen molar-refractivity contribution >= 4 is 5.91 Å². The van der Waals surface area contributed by atoms with Crippen molar-refractivity contribution in [1.82, 2.24) is 24.3 Å². The Labute approximate surface area is 151 Å². The first-order valence-electron chi connectivity index (χ1n) is 9.79. The van der Waals surface area contributed by atoms with Gasteiger partial charge in [0.1, 0.15) is 5.82 Å². The Kier molecular flexibility index (Phi) is 6.12. The van der Waals surface area contributed by atoms with Crippen LogP contribution in [0.3, 0.4) is 0 Å². The highest BCUT2D eigenvalue weighted by atomic mass is 16.2. The van der Waals surface area contributed by atoms with Gasteiger partial charge in [0.05, 0.1) is 12.6 Å². The second-order valence-corrected chi connectivity index (χ2v) is 7.68. The summed E-state index contributed by atoms with van der Waals surface area (Å²) in [5, 5.41) is 0. The summed E-state index contributed by atoms with van der Waals surface area (Å²) in [5.74, 6) is 1.43. The Bertz CT molecular complexity index is 564. The molecule has 2 aliphatic heterocycles. The van der Waals surface area contributed by atoms with Crippen LogP contribution in [-0.2, 0) is 18.4 Å². The van der Waals surface area contributed by atoms with Gasteiger partial charge in [-0.2, -0.15) is 0 Å². The van der Waals surface area contributed by atoms with Gasteiger partial charge in [0.25, 0.3) is 0 Å². The van der Waals surface area contributed by atoms with Gasteiger partial charge in [-0.25, -0.2) is 4.98 Å². The summed E-state index contributed by atoms with van der Waals surface area (Å²) in [7, 11) is 2.05. The monoisotopic (exact) mass is 347 g/mol. The predicted octanol–water partition coefficient (Wildman–Crippen LogP) is 1.72.